The number of hydrogen-bond acceptors (Lipinski definition) is 7. The highest BCUT2D eigenvalue weighted by Crippen LogP contribution is 2.39. The molecule has 5 rings (SSSR count). The zero-order valence-electron chi connectivity index (χ0n) is 20.1. The Labute approximate surface area is 214 Å². The van der Waals surface area contributed by atoms with Gasteiger partial charge in [0.05, 0.1) is 10.6 Å². The lowest BCUT2D eigenvalue weighted by Gasteiger charge is -2.26. The van der Waals surface area contributed by atoms with Gasteiger partial charge < -0.3 is 5.32 Å². The summed E-state index contributed by atoms with van der Waals surface area (Å²) in [5, 5.41) is 4.86. The molecule has 0 atom stereocenters. The maximum atomic E-state index is 13.2. The van der Waals surface area contributed by atoms with Gasteiger partial charge in [-0.25, -0.2) is 18.4 Å². The highest BCUT2D eigenvalue weighted by atomic mass is 32.2. The van der Waals surface area contributed by atoms with Crippen molar-refractivity contribution in [2.75, 3.05) is 24.2 Å². The number of carbonyl (C=O) groups excluding carboxylic acids is 1. The molecule has 35 heavy (non-hydrogen) atoms. The van der Waals surface area contributed by atoms with E-state index in [1.165, 1.54) is 35.0 Å². The monoisotopic (exact) mass is 530 g/mol. The number of aryl methyl sites for hydroxylation is 4. The molecule has 0 spiro atoms. The van der Waals surface area contributed by atoms with Gasteiger partial charge in [0.15, 0.2) is 0 Å². The van der Waals surface area contributed by atoms with Crippen LogP contribution in [0.5, 0.6) is 0 Å². The first-order valence-corrected chi connectivity index (χ1v) is 15.4. The van der Waals surface area contributed by atoms with E-state index < -0.39 is 10.0 Å². The fourth-order valence-corrected chi connectivity index (χ4v) is 8.90. The minimum absolute atomic E-state index is 0.186. The number of amides is 1. The Morgan fingerprint density at radius 1 is 1.09 bits per heavy atom. The number of sulfonamides is 1. The normalized spacial score (nSPS) is 16.9. The van der Waals surface area contributed by atoms with Crippen LogP contribution in [0.15, 0.2) is 28.1 Å². The van der Waals surface area contributed by atoms with Crippen LogP contribution < -0.4 is 5.32 Å². The second-order valence-electron chi connectivity index (χ2n) is 9.25. The minimum atomic E-state index is -3.58. The summed E-state index contributed by atoms with van der Waals surface area (Å²) >= 11 is 3.18. The van der Waals surface area contributed by atoms with E-state index in [1.54, 1.807) is 40.8 Å². The van der Waals surface area contributed by atoms with Crippen molar-refractivity contribution in [3.63, 3.8) is 0 Å². The van der Waals surface area contributed by atoms with Crippen LogP contribution in [0.25, 0.3) is 10.2 Å². The van der Waals surface area contributed by atoms with Crippen LogP contribution in [0, 0.1) is 13.8 Å². The number of piperidine rings is 1. The zero-order valence-corrected chi connectivity index (χ0v) is 22.5. The second kappa shape index (κ2) is 10.2. The molecule has 0 unspecified atom stereocenters. The molecule has 1 aromatic carbocycles. The first-order valence-electron chi connectivity index (χ1n) is 12.2. The summed E-state index contributed by atoms with van der Waals surface area (Å²) in [7, 11) is -3.58. The quantitative estimate of drug-likeness (QED) is 0.352. The number of aromatic nitrogens is 2. The van der Waals surface area contributed by atoms with Crippen LogP contribution in [0.4, 0.5) is 5.69 Å². The lowest BCUT2D eigenvalue weighted by Crippen LogP contribution is -2.36. The third kappa shape index (κ3) is 5.12. The van der Waals surface area contributed by atoms with E-state index in [2.05, 4.69) is 15.3 Å². The number of fused-ring (bicyclic) bond motifs is 3. The zero-order chi connectivity index (χ0) is 24.6. The summed E-state index contributed by atoms with van der Waals surface area (Å²) in [6.07, 6.45) is 7.35. The van der Waals surface area contributed by atoms with Gasteiger partial charge in [-0.1, -0.05) is 24.2 Å². The Hall–Kier alpha value is -2.01. The number of thioether (sulfide) groups is 1. The van der Waals surface area contributed by atoms with Crippen LogP contribution in [0.2, 0.25) is 0 Å². The topological polar surface area (TPSA) is 92.3 Å². The molecule has 7 nitrogen and oxygen atoms in total. The molecular weight excluding hydrogens is 501 g/mol. The molecule has 0 bridgehead atoms. The van der Waals surface area contributed by atoms with Crippen LogP contribution in [0.1, 0.15) is 53.9 Å². The van der Waals surface area contributed by atoms with E-state index in [0.29, 0.717) is 30.2 Å². The third-order valence-electron chi connectivity index (χ3n) is 6.64. The van der Waals surface area contributed by atoms with E-state index in [0.717, 1.165) is 47.3 Å². The summed E-state index contributed by atoms with van der Waals surface area (Å²) in [5.41, 5.74) is 2.53. The van der Waals surface area contributed by atoms with E-state index in [1.807, 2.05) is 6.92 Å². The van der Waals surface area contributed by atoms with Gasteiger partial charge in [-0.15, -0.1) is 11.3 Å². The van der Waals surface area contributed by atoms with Crippen LogP contribution in [-0.2, 0) is 27.7 Å². The summed E-state index contributed by atoms with van der Waals surface area (Å²) in [4.78, 5) is 24.8. The first-order chi connectivity index (χ1) is 16.8. The Morgan fingerprint density at radius 3 is 2.66 bits per heavy atom. The van der Waals surface area contributed by atoms with Crippen molar-refractivity contribution >= 4 is 54.9 Å². The van der Waals surface area contributed by atoms with Gasteiger partial charge in [0, 0.05) is 29.0 Å². The molecule has 0 saturated carbocycles. The molecule has 186 valence electrons. The van der Waals surface area contributed by atoms with Crippen molar-refractivity contribution in [1.82, 2.24) is 14.3 Å². The lowest BCUT2D eigenvalue weighted by atomic mass is 9.97. The summed E-state index contributed by atoms with van der Waals surface area (Å²) in [5.74, 6) is 0.719. The second-order valence-corrected chi connectivity index (χ2v) is 13.2. The van der Waals surface area contributed by atoms with Gasteiger partial charge in [-0.2, -0.15) is 4.31 Å². The molecule has 10 heteroatoms. The predicted molar refractivity (Wildman–Crippen MR) is 142 cm³/mol. The third-order valence-corrected chi connectivity index (χ3v) is 10.8. The van der Waals surface area contributed by atoms with Crippen LogP contribution in [0.3, 0.4) is 0 Å². The highest BCUT2D eigenvalue weighted by molar-refractivity contribution is 8.00. The standard InChI is InChI=1S/C25H30N4O3S3/c1-16-10-11-18(14-21(16)35(31,32)29-12-6-3-7-13-29)28-22(30)15-33-24-23-19-8-4-5-9-20(19)34-25(23)27-17(2)26-24/h10-11,14H,3-9,12-13,15H2,1-2H3,(H,28,30). The van der Waals surface area contributed by atoms with Crippen molar-refractivity contribution in [3.05, 3.63) is 40.0 Å². The van der Waals surface area contributed by atoms with E-state index in [-0.39, 0.29) is 16.6 Å². The SMILES string of the molecule is Cc1nc(SCC(=O)Nc2ccc(C)c(S(=O)(=O)N3CCCCC3)c2)c2c3c(sc2n1)CCCC3. The smallest absolute Gasteiger partial charge is 0.243 e. The Morgan fingerprint density at radius 2 is 1.86 bits per heavy atom. The number of thiophene rings is 1. The molecule has 1 aliphatic carbocycles. The maximum absolute atomic E-state index is 13.2. The number of carbonyl (C=O) groups is 1. The molecule has 2 aromatic heterocycles. The van der Waals surface area contributed by atoms with Crippen molar-refractivity contribution in [2.45, 2.75) is 68.7 Å². The molecule has 0 radical (unpaired) electrons. The van der Waals surface area contributed by atoms with Gasteiger partial charge in [0.2, 0.25) is 15.9 Å². The number of nitrogens with one attached hydrogen (secondary N) is 1. The maximum Gasteiger partial charge on any atom is 0.243 e. The number of anilines is 1. The predicted octanol–water partition coefficient (Wildman–Crippen LogP) is 5.09. The molecule has 1 N–H and O–H groups in total. The summed E-state index contributed by atoms with van der Waals surface area (Å²) in [6.45, 7) is 4.78. The fourth-order valence-electron chi connectivity index (χ4n) is 4.86. The average Bonchev–Trinajstić information content (AvgIpc) is 3.22. The highest BCUT2D eigenvalue weighted by Gasteiger charge is 2.28. The largest absolute Gasteiger partial charge is 0.325 e. The molecule has 1 amide bonds. The Balaban J connectivity index is 1.32. The molecule has 3 heterocycles. The number of benzene rings is 1. The fraction of sp³-hybridized carbons (Fsp3) is 0.480. The van der Waals surface area contributed by atoms with Crippen LogP contribution in [-0.4, -0.2) is 47.4 Å². The van der Waals surface area contributed by atoms with Gasteiger partial charge in [0.25, 0.3) is 0 Å². The van der Waals surface area contributed by atoms with Gasteiger partial charge in [-0.05, 0) is 75.6 Å². The number of nitrogens with zero attached hydrogens (tertiary/aromatic N) is 3. The molecule has 1 fully saturated rings. The van der Waals surface area contributed by atoms with E-state index in [4.69, 9.17) is 0 Å². The Bertz CT molecular complexity index is 1380. The molecule has 1 aliphatic heterocycles. The summed E-state index contributed by atoms with van der Waals surface area (Å²) < 4.78 is 28.0. The number of rotatable bonds is 6. The van der Waals surface area contributed by atoms with Crippen LogP contribution >= 0.6 is 23.1 Å². The Kier molecular flexibility index (Phi) is 7.16. The molecule has 3 aromatic rings. The van der Waals surface area contributed by atoms with Crippen molar-refractivity contribution in [3.8, 4) is 0 Å². The van der Waals surface area contributed by atoms with Crippen molar-refractivity contribution in [2.24, 2.45) is 0 Å². The summed E-state index contributed by atoms with van der Waals surface area (Å²) in [6, 6.07) is 5.11. The average molecular weight is 531 g/mol. The van der Waals surface area contributed by atoms with Crippen molar-refractivity contribution in [1.29, 1.82) is 0 Å². The van der Waals surface area contributed by atoms with Gasteiger partial charge >= 0.3 is 0 Å². The first kappa shape index (κ1) is 24.7. The number of hydrogen-bond donors (Lipinski definition) is 1. The molecule has 1 saturated heterocycles. The van der Waals surface area contributed by atoms with E-state index >= 15 is 0 Å². The van der Waals surface area contributed by atoms with Gasteiger partial charge in [-0.3, -0.25) is 4.79 Å². The minimum Gasteiger partial charge on any atom is -0.325 e. The van der Waals surface area contributed by atoms with Crippen molar-refractivity contribution < 1.29 is 13.2 Å². The van der Waals surface area contributed by atoms with E-state index in [9.17, 15) is 13.2 Å². The van der Waals surface area contributed by atoms with Gasteiger partial charge in [0.1, 0.15) is 15.7 Å². The molecule has 2 aliphatic rings. The molecular formula is C25H30N4O3S3. The lowest BCUT2D eigenvalue weighted by molar-refractivity contribution is -0.113.